The molecule has 0 fully saturated rings. The Labute approximate surface area is 127 Å². The van der Waals surface area contributed by atoms with E-state index < -0.39 is 0 Å². The quantitative estimate of drug-likeness (QED) is 0.737. The number of thiophene rings is 2. The van der Waals surface area contributed by atoms with Crippen molar-refractivity contribution in [2.75, 3.05) is 6.54 Å². The highest BCUT2D eigenvalue weighted by molar-refractivity contribution is 9.13. The highest BCUT2D eigenvalue weighted by atomic mass is 79.9. The molecule has 2 rings (SSSR count). The van der Waals surface area contributed by atoms with Gasteiger partial charge in [0.25, 0.3) is 0 Å². The van der Waals surface area contributed by atoms with Crippen LogP contribution in [0.5, 0.6) is 0 Å². The summed E-state index contributed by atoms with van der Waals surface area (Å²) < 4.78 is 2.29. The first-order valence-electron chi connectivity index (χ1n) is 5.36. The standard InChI is InChI=1S/C12H13Br2NS2/c1-3-15-11(9-5-4-7(2)16-9)10-6-8(13)12(14)17-10/h4-6,11,15H,3H2,1-2H3. The Morgan fingerprint density at radius 3 is 2.47 bits per heavy atom. The van der Waals surface area contributed by atoms with E-state index in [4.69, 9.17) is 0 Å². The SMILES string of the molecule is CCNC(c1ccc(C)s1)c1cc(Br)c(Br)s1. The maximum Gasteiger partial charge on any atom is 0.0843 e. The first-order chi connectivity index (χ1) is 8.11. The highest BCUT2D eigenvalue weighted by Gasteiger charge is 2.18. The molecular formula is C12H13Br2NS2. The van der Waals surface area contributed by atoms with Gasteiger partial charge < -0.3 is 5.32 Å². The van der Waals surface area contributed by atoms with Crippen molar-refractivity contribution in [3.63, 3.8) is 0 Å². The van der Waals surface area contributed by atoms with Crippen molar-refractivity contribution in [3.8, 4) is 0 Å². The minimum absolute atomic E-state index is 0.311. The van der Waals surface area contributed by atoms with Gasteiger partial charge in [-0.15, -0.1) is 22.7 Å². The third-order valence-corrected chi connectivity index (χ3v) is 6.79. The molecule has 1 atom stereocenters. The van der Waals surface area contributed by atoms with Crippen molar-refractivity contribution in [1.29, 1.82) is 0 Å². The second-order valence-corrected chi connectivity index (χ2v) is 8.29. The summed E-state index contributed by atoms with van der Waals surface area (Å²) in [6, 6.07) is 6.90. The smallest absolute Gasteiger partial charge is 0.0843 e. The third-order valence-electron chi connectivity index (χ3n) is 2.40. The van der Waals surface area contributed by atoms with Crippen LogP contribution in [-0.4, -0.2) is 6.54 Å². The molecule has 0 saturated heterocycles. The Morgan fingerprint density at radius 1 is 1.24 bits per heavy atom. The lowest BCUT2D eigenvalue weighted by atomic mass is 10.2. The van der Waals surface area contributed by atoms with Crippen molar-refractivity contribution in [3.05, 3.63) is 41.1 Å². The van der Waals surface area contributed by atoms with Crippen LogP contribution in [0.4, 0.5) is 0 Å². The molecule has 2 aromatic rings. The first kappa shape index (κ1) is 13.7. The van der Waals surface area contributed by atoms with E-state index >= 15 is 0 Å². The molecular weight excluding hydrogens is 382 g/mol. The summed E-state index contributed by atoms with van der Waals surface area (Å²) in [5.41, 5.74) is 0. The molecule has 0 radical (unpaired) electrons. The van der Waals surface area contributed by atoms with Crippen molar-refractivity contribution in [2.45, 2.75) is 19.9 Å². The summed E-state index contributed by atoms with van der Waals surface area (Å²) >= 11 is 10.8. The van der Waals surface area contributed by atoms with E-state index in [1.165, 1.54) is 14.6 Å². The summed E-state index contributed by atoms with van der Waals surface area (Å²) in [6.45, 7) is 5.26. The first-order valence-corrected chi connectivity index (χ1v) is 8.58. The van der Waals surface area contributed by atoms with Gasteiger partial charge in [-0.2, -0.15) is 0 Å². The largest absolute Gasteiger partial charge is 0.305 e. The summed E-state index contributed by atoms with van der Waals surface area (Å²) in [5, 5.41) is 3.55. The number of hydrogen-bond donors (Lipinski definition) is 1. The van der Waals surface area contributed by atoms with Gasteiger partial charge in [-0.05, 0) is 63.5 Å². The van der Waals surface area contributed by atoms with Crippen LogP contribution < -0.4 is 5.32 Å². The van der Waals surface area contributed by atoms with E-state index in [0.717, 1.165) is 14.8 Å². The lowest BCUT2D eigenvalue weighted by molar-refractivity contribution is 0.648. The van der Waals surface area contributed by atoms with Crippen LogP contribution in [-0.2, 0) is 0 Å². The number of nitrogens with one attached hydrogen (secondary N) is 1. The monoisotopic (exact) mass is 393 g/mol. The minimum Gasteiger partial charge on any atom is -0.305 e. The Kier molecular flexibility index (Phi) is 4.83. The van der Waals surface area contributed by atoms with E-state index in [1.807, 2.05) is 11.3 Å². The maximum atomic E-state index is 3.56. The molecule has 0 aromatic carbocycles. The van der Waals surface area contributed by atoms with Crippen LogP contribution in [0.15, 0.2) is 26.5 Å². The Hall–Kier alpha value is 0.320. The van der Waals surface area contributed by atoms with Crippen LogP contribution >= 0.6 is 54.5 Å². The second kappa shape index (κ2) is 5.97. The lowest BCUT2D eigenvalue weighted by Gasteiger charge is -2.14. The average molecular weight is 395 g/mol. The number of hydrogen-bond acceptors (Lipinski definition) is 3. The molecule has 0 aliphatic carbocycles. The van der Waals surface area contributed by atoms with E-state index in [2.05, 4.69) is 69.2 Å². The van der Waals surface area contributed by atoms with Crippen LogP contribution in [0.25, 0.3) is 0 Å². The third kappa shape index (κ3) is 3.20. The maximum absolute atomic E-state index is 3.56. The molecule has 0 bridgehead atoms. The summed E-state index contributed by atoms with van der Waals surface area (Å²) in [7, 11) is 0. The Morgan fingerprint density at radius 2 is 2.00 bits per heavy atom. The summed E-state index contributed by atoms with van der Waals surface area (Å²) in [4.78, 5) is 4.08. The predicted molar refractivity (Wildman–Crippen MR) is 84.3 cm³/mol. The highest BCUT2D eigenvalue weighted by Crippen LogP contribution is 2.39. The zero-order chi connectivity index (χ0) is 12.4. The van der Waals surface area contributed by atoms with Crippen LogP contribution in [0.2, 0.25) is 0 Å². The van der Waals surface area contributed by atoms with Gasteiger partial charge in [0.2, 0.25) is 0 Å². The fourth-order valence-electron chi connectivity index (χ4n) is 1.66. The lowest BCUT2D eigenvalue weighted by Crippen LogP contribution is -2.20. The van der Waals surface area contributed by atoms with E-state index in [9.17, 15) is 0 Å². The van der Waals surface area contributed by atoms with Gasteiger partial charge in [0.05, 0.1) is 9.83 Å². The normalized spacial score (nSPS) is 12.9. The van der Waals surface area contributed by atoms with Gasteiger partial charge in [0.1, 0.15) is 0 Å². The molecule has 2 aromatic heterocycles. The van der Waals surface area contributed by atoms with Gasteiger partial charge in [-0.1, -0.05) is 6.92 Å². The molecule has 2 heterocycles. The predicted octanol–water partition coefficient (Wildman–Crippen LogP) is 5.34. The fourth-order valence-corrected chi connectivity index (χ4v) is 4.89. The molecule has 1 N–H and O–H groups in total. The zero-order valence-corrected chi connectivity index (χ0v) is 14.4. The summed E-state index contributed by atoms with van der Waals surface area (Å²) in [5.74, 6) is 0. The van der Waals surface area contributed by atoms with E-state index in [1.54, 1.807) is 11.3 Å². The van der Waals surface area contributed by atoms with Gasteiger partial charge in [-0.3, -0.25) is 0 Å². The molecule has 0 aliphatic heterocycles. The van der Waals surface area contributed by atoms with Gasteiger partial charge >= 0.3 is 0 Å². The van der Waals surface area contributed by atoms with Crippen LogP contribution in [0, 0.1) is 6.92 Å². The van der Waals surface area contributed by atoms with Gasteiger partial charge in [-0.25, -0.2) is 0 Å². The number of halogens is 2. The van der Waals surface area contributed by atoms with Crippen LogP contribution in [0.3, 0.4) is 0 Å². The zero-order valence-electron chi connectivity index (χ0n) is 9.59. The molecule has 92 valence electrons. The summed E-state index contributed by atoms with van der Waals surface area (Å²) in [6.07, 6.45) is 0. The van der Waals surface area contributed by atoms with Crippen molar-refractivity contribution in [2.24, 2.45) is 0 Å². The molecule has 0 amide bonds. The molecule has 17 heavy (non-hydrogen) atoms. The number of rotatable bonds is 4. The Balaban J connectivity index is 2.34. The van der Waals surface area contributed by atoms with Gasteiger partial charge in [0.15, 0.2) is 0 Å². The molecule has 1 nitrogen and oxygen atoms in total. The second-order valence-electron chi connectivity index (χ2n) is 3.71. The molecule has 0 spiro atoms. The minimum atomic E-state index is 0.311. The molecule has 0 aliphatic rings. The van der Waals surface area contributed by atoms with E-state index in [-0.39, 0.29) is 0 Å². The molecule has 0 saturated carbocycles. The van der Waals surface area contributed by atoms with Crippen molar-refractivity contribution < 1.29 is 0 Å². The molecule has 5 heteroatoms. The van der Waals surface area contributed by atoms with Gasteiger partial charge in [0, 0.05) is 19.1 Å². The average Bonchev–Trinajstić information content (AvgIpc) is 2.83. The van der Waals surface area contributed by atoms with Crippen LogP contribution in [0.1, 0.15) is 27.6 Å². The number of aryl methyl sites for hydroxylation is 1. The Bertz CT molecular complexity index is 485. The van der Waals surface area contributed by atoms with Crippen molar-refractivity contribution >= 4 is 54.5 Å². The van der Waals surface area contributed by atoms with Crippen molar-refractivity contribution in [1.82, 2.24) is 5.32 Å². The topological polar surface area (TPSA) is 12.0 Å². The molecule has 1 unspecified atom stereocenters. The fraction of sp³-hybridized carbons (Fsp3) is 0.333. The van der Waals surface area contributed by atoms with E-state index in [0.29, 0.717) is 6.04 Å².